The van der Waals surface area contributed by atoms with Crippen LogP contribution >= 0.6 is 0 Å². The van der Waals surface area contributed by atoms with Crippen LogP contribution in [0.4, 0.5) is 10.3 Å². The number of benzene rings is 2. The lowest BCUT2D eigenvalue weighted by Gasteiger charge is -2.16. The molecule has 0 radical (unpaired) electrons. The Kier molecular flexibility index (Phi) is 4.68. The van der Waals surface area contributed by atoms with Gasteiger partial charge in [-0.25, -0.2) is 19.3 Å². The topological polar surface area (TPSA) is 79.4 Å². The minimum Gasteiger partial charge on any atom is -0.345 e. The summed E-state index contributed by atoms with van der Waals surface area (Å²) in [5.74, 6) is 0.845. The Balaban J connectivity index is 1.72. The molecule has 0 amide bonds. The van der Waals surface area contributed by atoms with Gasteiger partial charge < -0.3 is 9.88 Å². The molecule has 0 aliphatic rings. The number of rotatable bonds is 5. The van der Waals surface area contributed by atoms with E-state index in [0.29, 0.717) is 18.1 Å². The van der Waals surface area contributed by atoms with Crippen molar-refractivity contribution in [2.75, 3.05) is 5.32 Å². The summed E-state index contributed by atoms with van der Waals surface area (Å²) in [6.45, 7) is 2.51. The van der Waals surface area contributed by atoms with Gasteiger partial charge in [-0.1, -0.05) is 30.3 Å². The summed E-state index contributed by atoms with van der Waals surface area (Å²) in [5.41, 5.74) is 2.94. The van der Waals surface area contributed by atoms with E-state index in [1.54, 1.807) is 6.07 Å². The molecule has 0 fully saturated rings. The summed E-state index contributed by atoms with van der Waals surface area (Å²) in [7, 11) is 0. The van der Waals surface area contributed by atoms with Crippen molar-refractivity contribution in [3.05, 3.63) is 83.7 Å². The SMILES string of the molecule is CC(Nc1ncc(C#N)cn1)c1nc2ccc(F)cc2n1Cc1ccccc1. The highest BCUT2D eigenvalue weighted by atomic mass is 19.1. The van der Waals surface area contributed by atoms with Crippen LogP contribution in [0.25, 0.3) is 11.0 Å². The van der Waals surface area contributed by atoms with E-state index in [-0.39, 0.29) is 11.9 Å². The third-order valence-corrected chi connectivity index (χ3v) is 4.44. The highest BCUT2D eigenvalue weighted by Crippen LogP contribution is 2.24. The molecule has 2 heterocycles. The van der Waals surface area contributed by atoms with Crippen LogP contribution in [-0.2, 0) is 6.54 Å². The third kappa shape index (κ3) is 3.53. The largest absolute Gasteiger partial charge is 0.345 e. The second-order valence-electron chi connectivity index (χ2n) is 6.45. The summed E-state index contributed by atoms with van der Waals surface area (Å²) in [4.78, 5) is 13.0. The Hall–Kier alpha value is -3.79. The predicted octanol–water partition coefficient (Wildman–Crippen LogP) is 4.06. The summed E-state index contributed by atoms with van der Waals surface area (Å²) >= 11 is 0. The minimum absolute atomic E-state index is 0.230. The van der Waals surface area contributed by atoms with E-state index in [9.17, 15) is 4.39 Å². The van der Waals surface area contributed by atoms with Crippen LogP contribution in [0.15, 0.2) is 60.9 Å². The number of imidazole rings is 1. The van der Waals surface area contributed by atoms with Gasteiger partial charge in [0, 0.05) is 6.54 Å². The van der Waals surface area contributed by atoms with Gasteiger partial charge in [-0.05, 0) is 30.7 Å². The Morgan fingerprint density at radius 2 is 1.89 bits per heavy atom. The summed E-state index contributed by atoms with van der Waals surface area (Å²) in [5, 5.41) is 12.1. The fraction of sp³-hybridized carbons (Fsp3) is 0.143. The molecular formula is C21H17FN6. The second-order valence-corrected chi connectivity index (χ2v) is 6.45. The Morgan fingerprint density at radius 3 is 2.61 bits per heavy atom. The first-order valence-corrected chi connectivity index (χ1v) is 8.82. The van der Waals surface area contributed by atoms with Gasteiger partial charge in [0.25, 0.3) is 0 Å². The van der Waals surface area contributed by atoms with Crippen LogP contribution in [0, 0.1) is 17.1 Å². The van der Waals surface area contributed by atoms with Crippen molar-refractivity contribution < 1.29 is 4.39 Å². The van der Waals surface area contributed by atoms with Crippen LogP contribution in [0.5, 0.6) is 0 Å². The summed E-state index contributed by atoms with van der Waals surface area (Å²) < 4.78 is 15.9. The number of nitriles is 1. The van der Waals surface area contributed by atoms with Gasteiger partial charge in [-0.15, -0.1) is 0 Å². The van der Waals surface area contributed by atoms with Crippen molar-refractivity contribution in [3.63, 3.8) is 0 Å². The number of hydrogen-bond acceptors (Lipinski definition) is 5. The van der Waals surface area contributed by atoms with E-state index in [1.165, 1.54) is 24.5 Å². The minimum atomic E-state index is -0.302. The van der Waals surface area contributed by atoms with E-state index in [2.05, 4.69) is 15.3 Å². The standard InChI is InChI=1S/C21H17FN6/c1-14(26-21-24-11-16(10-23)12-25-21)20-27-18-8-7-17(22)9-19(18)28(20)13-15-5-3-2-4-6-15/h2-9,11-12,14H,13H2,1H3,(H,24,25,26). The lowest BCUT2D eigenvalue weighted by molar-refractivity contribution is 0.627. The van der Waals surface area contributed by atoms with Crippen LogP contribution in [0.2, 0.25) is 0 Å². The zero-order valence-corrected chi connectivity index (χ0v) is 15.2. The second kappa shape index (κ2) is 7.45. The fourth-order valence-electron chi connectivity index (χ4n) is 3.10. The molecule has 4 aromatic rings. The van der Waals surface area contributed by atoms with Crippen LogP contribution < -0.4 is 5.32 Å². The molecule has 2 aromatic heterocycles. The van der Waals surface area contributed by atoms with Crippen molar-refractivity contribution in [3.8, 4) is 6.07 Å². The van der Waals surface area contributed by atoms with Gasteiger partial charge in [0.05, 0.1) is 35.0 Å². The first-order valence-electron chi connectivity index (χ1n) is 8.82. The molecule has 4 rings (SSSR count). The Morgan fingerprint density at radius 1 is 1.14 bits per heavy atom. The number of anilines is 1. The number of halogens is 1. The van der Waals surface area contributed by atoms with Gasteiger partial charge in [0.15, 0.2) is 0 Å². The maximum absolute atomic E-state index is 13.9. The molecule has 0 saturated heterocycles. The number of nitrogens with zero attached hydrogens (tertiary/aromatic N) is 5. The van der Waals surface area contributed by atoms with Crippen molar-refractivity contribution >= 4 is 17.0 Å². The molecule has 0 aliphatic heterocycles. The summed E-state index contributed by atoms with van der Waals surface area (Å²) in [6.07, 6.45) is 2.93. The molecule has 0 bridgehead atoms. The van der Waals surface area contributed by atoms with E-state index in [0.717, 1.165) is 22.4 Å². The van der Waals surface area contributed by atoms with Gasteiger partial charge in [0.1, 0.15) is 17.7 Å². The van der Waals surface area contributed by atoms with Gasteiger partial charge in [-0.2, -0.15) is 5.26 Å². The van der Waals surface area contributed by atoms with Gasteiger partial charge >= 0.3 is 0 Å². The van der Waals surface area contributed by atoms with Crippen molar-refractivity contribution in [1.82, 2.24) is 19.5 Å². The lowest BCUT2D eigenvalue weighted by atomic mass is 10.2. The predicted molar refractivity (Wildman–Crippen MR) is 104 cm³/mol. The van der Waals surface area contributed by atoms with Crippen molar-refractivity contribution in [2.24, 2.45) is 0 Å². The van der Waals surface area contributed by atoms with Crippen LogP contribution in [0.1, 0.15) is 29.9 Å². The molecule has 7 heteroatoms. The van der Waals surface area contributed by atoms with E-state index < -0.39 is 0 Å². The number of fused-ring (bicyclic) bond motifs is 1. The number of hydrogen-bond donors (Lipinski definition) is 1. The van der Waals surface area contributed by atoms with Crippen LogP contribution in [0.3, 0.4) is 0 Å². The Labute approximate surface area is 161 Å². The molecule has 2 aromatic carbocycles. The first-order chi connectivity index (χ1) is 13.6. The van der Waals surface area contributed by atoms with Gasteiger partial charge in [-0.3, -0.25) is 0 Å². The smallest absolute Gasteiger partial charge is 0.223 e. The molecule has 0 aliphatic carbocycles. The Bertz CT molecular complexity index is 1150. The van der Waals surface area contributed by atoms with Crippen molar-refractivity contribution in [2.45, 2.75) is 19.5 Å². The lowest BCUT2D eigenvalue weighted by Crippen LogP contribution is -2.16. The average molecular weight is 372 g/mol. The van der Waals surface area contributed by atoms with E-state index in [4.69, 9.17) is 10.2 Å². The first kappa shape index (κ1) is 17.6. The molecule has 1 atom stereocenters. The molecule has 28 heavy (non-hydrogen) atoms. The zero-order valence-electron chi connectivity index (χ0n) is 15.2. The van der Waals surface area contributed by atoms with Crippen molar-refractivity contribution in [1.29, 1.82) is 5.26 Å². The molecular weight excluding hydrogens is 355 g/mol. The molecule has 138 valence electrons. The molecule has 1 N–H and O–H groups in total. The molecule has 1 unspecified atom stereocenters. The van der Waals surface area contributed by atoms with Gasteiger partial charge in [0.2, 0.25) is 5.95 Å². The fourth-order valence-corrected chi connectivity index (χ4v) is 3.10. The van der Waals surface area contributed by atoms with E-state index >= 15 is 0 Å². The zero-order chi connectivity index (χ0) is 19.5. The average Bonchev–Trinajstić information content (AvgIpc) is 3.07. The maximum Gasteiger partial charge on any atom is 0.223 e. The summed E-state index contributed by atoms with van der Waals surface area (Å²) in [6, 6.07) is 16.3. The normalized spacial score (nSPS) is 11.9. The number of nitrogens with one attached hydrogen (secondary N) is 1. The molecule has 0 saturated carbocycles. The highest BCUT2D eigenvalue weighted by molar-refractivity contribution is 5.76. The quantitative estimate of drug-likeness (QED) is 0.571. The maximum atomic E-state index is 13.9. The van der Waals surface area contributed by atoms with Crippen LogP contribution in [-0.4, -0.2) is 19.5 Å². The highest BCUT2D eigenvalue weighted by Gasteiger charge is 2.18. The molecule has 6 nitrogen and oxygen atoms in total. The number of aromatic nitrogens is 4. The third-order valence-electron chi connectivity index (χ3n) is 4.44. The molecule has 0 spiro atoms. The monoisotopic (exact) mass is 372 g/mol. The van der Waals surface area contributed by atoms with E-state index in [1.807, 2.05) is 47.9 Å².